The van der Waals surface area contributed by atoms with Crippen LogP contribution < -0.4 is 0 Å². The van der Waals surface area contributed by atoms with Crippen molar-refractivity contribution in [3.63, 3.8) is 0 Å². The molecule has 2 atom stereocenters. The van der Waals surface area contributed by atoms with E-state index in [4.69, 9.17) is 27.9 Å². The Morgan fingerprint density at radius 1 is 1.29 bits per heavy atom. The number of epoxide rings is 1. The molecule has 3 heteroatoms. The molecule has 0 aliphatic carbocycles. The number of alkyl halides is 1. The van der Waals surface area contributed by atoms with Crippen molar-refractivity contribution in [3.8, 4) is 0 Å². The highest BCUT2D eigenvalue weighted by Crippen LogP contribution is 2.49. The molecule has 0 saturated carbocycles. The Hall–Kier alpha value is -0.240. The van der Waals surface area contributed by atoms with Crippen LogP contribution in [0.1, 0.15) is 26.3 Å². The SMILES string of the molecule is CC(C)(C)C1(C(Cl)Cc2ccc(Cl)cc2)CO1. The maximum atomic E-state index is 6.54. The summed E-state index contributed by atoms with van der Waals surface area (Å²) in [5, 5.41) is 0.761. The molecule has 1 saturated heterocycles. The summed E-state index contributed by atoms with van der Waals surface area (Å²) in [7, 11) is 0. The minimum Gasteiger partial charge on any atom is -0.367 e. The Morgan fingerprint density at radius 2 is 1.82 bits per heavy atom. The highest BCUT2D eigenvalue weighted by atomic mass is 35.5. The van der Waals surface area contributed by atoms with E-state index in [9.17, 15) is 0 Å². The molecule has 1 aromatic rings. The number of rotatable bonds is 3. The van der Waals surface area contributed by atoms with Gasteiger partial charge < -0.3 is 4.74 Å². The van der Waals surface area contributed by atoms with Gasteiger partial charge in [-0.15, -0.1) is 11.6 Å². The summed E-state index contributed by atoms with van der Waals surface area (Å²) in [6.45, 7) is 7.30. The van der Waals surface area contributed by atoms with Crippen molar-refractivity contribution in [1.82, 2.24) is 0 Å². The maximum absolute atomic E-state index is 6.54. The van der Waals surface area contributed by atoms with E-state index in [1.54, 1.807) is 0 Å². The molecule has 1 nitrogen and oxygen atoms in total. The third-order valence-corrected chi connectivity index (χ3v) is 4.32. The van der Waals surface area contributed by atoms with Crippen molar-refractivity contribution in [3.05, 3.63) is 34.9 Å². The first-order valence-electron chi connectivity index (χ1n) is 5.88. The molecule has 2 rings (SSSR count). The van der Waals surface area contributed by atoms with Gasteiger partial charge in [-0.3, -0.25) is 0 Å². The van der Waals surface area contributed by atoms with E-state index in [1.807, 2.05) is 24.3 Å². The third-order valence-electron chi connectivity index (χ3n) is 3.56. The zero-order chi connectivity index (χ0) is 12.7. The molecule has 0 N–H and O–H groups in total. The highest BCUT2D eigenvalue weighted by Gasteiger charge is 2.58. The lowest BCUT2D eigenvalue weighted by Gasteiger charge is -2.31. The number of hydrogen-bond acceptors (Lipinski definition) is 1. The molecule has 1 aliphatic heterocycles. The second-order valence-electron chi connectivity index (χ2n) is 5.73. The molecule has 17 heavy (non-hydrogen) atoms. The molecule has 0 amide bonds. The monoisotopic (exact) mass is 272 g/mol. The number of ether oxygens (including phenoxy) is 1. The molecule has 1 heterocycles. The van der Waals surface area contributed by atoms with Crippen molar-refractivity contribution in [1.29, 1.82) is 0 Å². The van der Waals surface area contributed by atoms with E-state index in [0.29, 0.717) is 0 Å². The van der Waals surface area contributed by atoms with Crippen molar-refractivity contribution >= 4 is 23.2 Å². The maximum Gasteiger partial charge on any atom is 0.113 e. The molecule has 0 spiro atoms. The summed E-state index contributed by atoms with van der Waals surface area (Å²) in [6, 6.07) is 7.85. The number of benzene rings is 1. The molecule has 1 aliphatic rings. The Bertz CT molecular complexity index is 388. The fourth-order valence-corrected chi connectivity index (χ4v) is 2.91. The molecule has 0 radical (unpaired) electrons. The molecule has 1 aromatic carbocycles. The third kappa shape index (κ3) is 2.62. The van der Waals surface area contributed by atoms with E-state index >= 15 is 0 Å². The van der Waals surface area contributed by atoms with Crippen LogP contribution in [-0.4, -0.2) is 17.6 Å². The number of halogens is 2. The summed E-state index contributed by atoms with van der Waals surface area (Å²) in [5.74, 6) is 0. The zero-order valence-electron chi connectivity index (χ0n) is 10.5. The van der Waals surface area contributed by atoms with Gasteiger partial charge in [-0.2, -0.15) is 0 Å². The van der Waals surface area contributed by atoms with Gasteiger partial charge in [0, 0.05) is 5.02 Å². The van der Waals surface area contributed by atoms with E-state index in [1.165, 1.54) is 5.56 Å². The molecule has 0 bridgehead atoms. The van der Waals surface area contributed by atoms with Gasteiger partial charge >= 0.3 is 0 Å². The molecule has 94 valence electrons. The van der Waals surface area contributed by atoms with Gasteiger partial charge in [0.05, 0.1) is 12.0 Å². The van der Waals surface area contributed by atoms with Crippen LogP contribution in [0.3, 0.4) is 0 Å². The van der Waals surface area contributed by atoms with E-state index < -0.39 is 0 Å². The van der Waals surface area contributed by atoms with Crippen LogP contribution in [0, 0.1) is 5.41 Å². The summed E-state index contributed by atoms with van der Waals surface area (Å²) < 4.78 is 5.66. The van der Waals surface area contributed by atoms with E-state index in [2.05, 4.69) is 20.8 Å². The summed E-state index contributed by atoms with van der Waals surface area (Å²) in [5.41, 5.74) is 1.11. The topological polar surface area (TPSA) is 12.5 Å². The first-order valence-corrected chi connectivity index (χ1v) is 6.69. The highest BCUT2D eigenvalue weighted by molar-refractivity contribution is 6.30. The first-order chi connectivity index (χ1) is 7.85. The molecule has 2 unspecified atom stereocenters. The van der Waals surface area contributed by atoms with Gasteiger partial charge in [0.1, 0.15) is 5.60 Å². The summed E-state index contributed by atoms with van der Waals surface area (Å²) in [6.07, 6.45) is 0.815. The quantitative estimate of drug-likeness (QED) is 0.590. The van der Waals surface area contributed by atoms with Crippen molar-refractivity contribution in [2.75, 3.05) is 6.61 Å². The van der Waals surface area contributed by atoms with Crippen LogP contribution in [0.5, 0.6) is 0 Å². The van der Waals surface area contributed by atoms with Crippen molar-refractivity contribution in [2.45, 2.75) is 38.2 Å². The first kappa shape index (κ1) is 13.2. The van der Waals surface area contributed by atoms with Gasteiger partial charge in [-0.25, -0.2) is 0 Å². The Kier molecular flexibility index (Phi) is 3.46. The molecule has 1 fully saturated rings. The van der Waals surface area contributed by atoms with Crippen LogP contribution in [0.2, 0.25) is 5.02 Å². The predicted octanol–water partition coefficient (Wildman–Crippen LogP) is 4.31. The second-order valence-corrected chi connectivity index (χ2v) is 6.69. The standard InChI is InChI=1S/C14H18Cl2O/c1-13(2,3)14(9-17-14)12(16)8-10-4-6-11(15)7-5-10/h4-7,12H,8-9H2,1-3H3. The van der Waals surface area contributed by atoms with E-state index in [-0.39, 0.29) is 16.4 Å². The van der Waals surface area contributed by atoms with Crippen LogP contribution >= 0.6 is 23.2 Å². The minimum absolute atomic E-state index is 0.00340. The lowest BCUT2D eigenvalue weighted by Crippen LogP contribution is -2.40. The zero-order valence-corrected chi connectivity index (χ0v) is 12.0. The minimum atomic E-state index is -0.172. The normalized spacial score (nSPS) is 25.7. The number of hydrogen-bond donors (Lipinski definition) is 0. The molecular formula is C14H18Cl2O. The van der Waals surface area contributed by atoms with Crippen molar-refractivity contribution in [2.24, 2.45) is 5.41 Å². The van der Waals surface area contributed by atoms with E-state index in [0.717, 1.165) is 18.1 Å². The largest absolute Gasteiger partial charge is 0.367 e. The van der Waals surface area contributed by atoms with Crippen molar-refractivity contribution < 1.29 is 4.74 Å². The summed E-state index contributed by atoms with van der Waals surface area (Å²) >= 11 is 12.4. The fourth-order valence-electron chi connectivity index (χ4n) is 2.15. The molecular weight excluding hydrogens is 255 g/mol. The van der Waals surface area contributed by atoms with Gasteiger partial charge in [-0.1, -0.05) is 44.5 Å². The smallest absolute Gasteiger partial charge is 0.113 e. The van der Waals surface area contributed by atoms with Gasteiger partial charge in [0.15, 0.2) is 0 Å². The Balaban J connectivity index is 2.07. The fraction of sp³-hybridized carbons (Fsp3) is 0.571. The summed E-state index contributed by atoms with van der Waals surface area (Å²) in [4.78, 5) is 0. The van der Waals surface area contributed by atoms with Gasteiger partial charge in [0.2, 0.25) is 0 Å². The Morgan fingerprint density at radius 3 is 2.24 bits per heavy atom. The van der Waals surface area contributed by atoms with Crippen LogP contribution in [0.15, 0.2) is 24.3 Å². The Labute approximate surface area is 113 Å². The van der Waals surface area contributed by atoms with Gasteiger partial charge in [-0.05, 0) is 29.5 Å². The predicted molar refractivity (Wildman–Crippen MR) is 72.9 cm³/mol. The van der Waals surface area contributed by atoms with Crippen LogP contribution in [0.4, 0.5) is 0 Å². The average Bonchev–Trinajstić information content (AvgIpc) is 3.01. The average molecular weight is 273 g/mol. The van der Waals surface area contributed by atoms with Crippen LogP contribution in [-0.2, 0) is 11.2 Å². The lowest BCUT2D eigenvalue weighted by molar-refractivity contribution is 0.149. The second kappa shape index (κ2) is 4.46. The van der Waals surface area contributed by atoms with Gasteiger partial charge in [0.25, 0.3) is 0 Å². The lowest BCUT2D eigenvalue weighted by atomic mass is 9.77. The molecule has 0 aromatic heterocycles. The van der Waals surface area contributed by atoms with Crippen LogP contribution in [0.25, 0.3) is 0 Å².